The second kappa shape index (κ2) is 5.50. The van der Waals surface area contributed by atoms with E-state index in [0.29, 0.717) is 25.4 Å². The number of carbonyl (C=O) groups is 2. The van der Waals surface area contributed by atoms with Gasteiger partial charge in [-0.15, -0.1) is 0 Å². The second-order valence-electron chi connectivity index (χ2n) is 6.12. The van der Waals surface area contributed by atoms with Gasteiger partial charge < -0.3 is 9.64 Å². The van der Waals surface area contributed by atoms with Gasteiger partial charge in [0.2, 0.25) is 5.91 Å². The third kappa shape index (κ3) is 2.94. The Morgan fingerprint density at radius 1 is 1.38 bits per heavy atom. The Kier molecular flexibility index (Phi) is 3.69. The van der Waals surface area contributed by atoms with Crippen LogP contribution < -0.4 is 0 Å². The maximum absolute atomic E-state index is 12.4. The molecule has 2 aliphatic rings. The summed E-state index contributed by atoms with van der Waals surface area (Å²) >= 11 is 0. The van der Waals surface area contributed by atoms with Gasteiger partial charge in [0.25, 0.3) is 0 Å². The van der Waals surface area contributed by atoms with E-state index >= 15 is 0 Å². The first-order valence-electron chi connectivity index (χ1n) is 7.47. The van der Waals surface area contributed by atoms with Gasteiger partial charge in [0.15, 0.2) is 0 Å². The highest BCUT2D eigenvalue weighted by Crippen LogP contribution is 2.37. The van der Waals surface area contributed by atoms with Gasteiger partial charge in [0, 0.05) is 32.3 Å². The van der Waals surface area contributed by atoms with Gasteiger partial charge in [-0.1, -0.05) is 0 Å². The van der Waals surface area contributed by atoms with Gasteiger partial charge >= 0.3 is 5.97 Å². The van der Waals surface area contributed by atoms with Crippen LogP contribution in [0.2, 0.25) is 0 Å². The first-order chi connectivity index (χ1) is 10.1. The van der Waals surface area contributed by atoms with E-state index in [4.69, 9.17) is 4.74 Å². The molecule has 0 aromatic carbocycles. The van der Waals surface area contributed by atoms with Gasteiger partial charge in [-0.2, -0.15) is 5.10 Å². The smallest absolute Gasteiger partial charge is 0.311 e. The van der Waals surface area contributed by atoms with Crippen molar-refractivity contribution in [3.05, 3.63) is 18.0 Å². The highest BCUT2D eigenvalue weighted by atomic mass is 16.5. The molecule has 2 fully saturated rings. The van der Waals surface area contributed by atoms with Crippen LogP contribution in [-0.4, -0.2) is 40.2 Å². The van der Waals surface area contributed by atoms with Crippen molar-refractivity contribution in [3.8, 4) is 0 Å². The summed E-state index contributed by atoms with van der Waals surface area (Å²) in [6.45, 7) is 0.521. The van der Waals surface area contributed by atoms with Crippen LogP contribution in [0.5, 0.6) is 0 Å². The fraction of sp³-hybridized carbons (Fsp3) is 0.667. The minimum atomic E-state index is -0.296. The topological polar surface area (TPSA) is 64.4 Å². The highest BCUT2D eigenvalue weighted by Gasteiger charge is 2.40. The third-order valence-corrected chi connectivity index (χ3v) is 4.39. The van der Waals surface area contributed by atoms with Crippen molar-refractivity contribution in [3.63, 3.8) is 0 Å². The average molecular weight is 291 g/mol. The molecule has 114 valence electrons. The van der Waals surface area contributed by atoms with Crippen molar-refractivity contribution in [2.24, 2.45) is 18.9 Å². The lowest BCUT2D eigenvalue weighted by atomic mass is 9.86. The number of likely N-dealkylation sites (tertiary alicyclic amines) is 1. The van der Waals surface area contributed by atoms with E-state index in [9.17, 15) is 9.59 Å². The molecule has 1 saturated carbocycles. The van der Waals surface area contributed by atoms with Gasteiger partial charge in [-0.25, -0.2) is 0 Å². The number of hydrogen-bond donors (Lipinski definition) is 0. The second-order valence-corrected chi connectivity index (χ2v) is 6.12. The molecular weight excluding hydrogens is 270 g/mol. The largest absolute Gasteiger partial charge is 0.465 e. The van der Waals surface area contributed by atoms with Crippen molar-refractivity contribution in [1.29, 1.82) is 0 Å². The monoisotopic (exact) mass is 291 g/mol. The molecule has 1 aromatic rings. The number of ether oxygens (including phenoxy) is 1. The Labute approximate surface area is 124 Å². The first kappa shape index (κ1) is 14.1. The van der Waals surface area contributed by atoms with Crippen LogP contribution in [0.1, 0.15) is 37.3 Å². The average Bonchev–Trinajstić information content (AvgIpc) is 3.20. The van der Waals surface area contributed by atoms with E-state index in [1.165, 1.54) is 0 Å². The summed E-state index contributed by atoms with van der Waals surface area (Å²) in [5.74, 6) is 0.134. The van der Waals surface area contributed by atoms with E-state index in [1.807, 2.05) is 13.2 Å². The zero-order chi connectivity index (χ0) is 15.0. The highest BCUT2D eigenvalue weighted by molar-refractivity contribution is 5.82. The SMILES string of the molecule is CN1C(=O)CCC(C(=O)OCC2CC2)C1c1cnn(C)c1. The molecule has 1 saturated heterocycles. The fourth-order valence-corrected chi connectivity index (χ4v) is 2.93. The maximum Gasteiger partial charge on any atom is 0.311 e. The number of piperidine rings is 1. The zero-order valence-electron chi connectivity index (χ0n) is 12.5. The Morgan fingerprint density at radius 3 is 2.76 bits per heavy atom. The van der Waals surface area contributed by atoms with Gasteiger partial charge in [-0.05, 0) is 25.2 Å². The van der Waals surface area contributed by atoms with Crippen LogP contribution in [0, 0.1) is 11.8 Å². The zero-order valence-corrected chi connectivity index (χ0v) is 12.5. The predicted molar refractivity (Wildman–Crippen MR) is 75.1 cm³/mol. The molecule has 6 heteroatoms. The van der Waals surface area contributed by atoms with E-state index < -0.39 is 0 Å². The van der Waals surface area contributed by atoms with E-state index in [-0.39, 0.29) is 23.8 Å². The van der Waals surface area contributed by atoms with Crippen LogP contribution in [0.4, 0.5) is 0 Å². The van der Waals surface area contributed by atoms with Crippen molar-refractivity contribution < 1.29 is 14.3 Å². The van der Waals surface area contributed by atoms with Gasteiger partial charge in [-0.3, -0.25) is 14.3 Å². The molecule has 1 aliphatic carbocycles. The van der Waals surface area contributed by atoms with Crippen LogP contribution >= 0.6 is 0 Å². The quantitative estimate of drug-likeness (QED) is 0.784. The molecule has 1 aromatic heterocycles. The van der Waals surface area contributed by atoms with E-state index in [0.717, 1.165) is 18.4 Å². The summed E-state index contributed by atoms with van der Waals surface area (Å²) in [7, 11) is 3.58. The Hall–Kier alpha value is -1.85. The molecule has 0 N–H and O–H groups in total. The normalized spacial score (nSPS) is 26.0. The minimum absolute atomic E-state index is 0.0649. The molecule has 0 spiro atoms. The molecule has 21 heavy (non-hydrogen) atoms. The standard InChI is InChI=1S/C15H21N3O3/c1-17-8-11(7-16-17)14-12(5-6-13(19)18(14)2)15(20)21-9-10-3-4-10/h7-8,10,12,14H,3-6,9H2,1-2H3. The third-order valence-electron chi connectivity index (χ3n) is 4.39. The van der Waals surface area contributed by atoms with Crippen molar-refractivity contribution in [2.45, 2.75) is 31.7 Å². The molecule has 1 amide bonds. The number of amides is 1. The fourth-order valence-electron chi connectivity index (χ4n) is 2.93. The molecule has 3 rings (SSSR count). The van der Waals surface area contributed by atoms with Crippen LogP contribution in [0.15, 0.2) is 12.4 Å². The molecule has 0 radical (unpaired) electrons. The van der Waals surface area contributed by atoms with Crippen LogP contribution in [0.3, 0.4) is 0 Å². The number of hydrogen-bond acceptors (Lipinski definition) is 4. The first-order valence-corrected chi connectivity index (χ1v) is 7.47. The Balaban J connectivity index is 1.78. The molecule has 2 heterocycles. The van der Waals surface area contributed by atoms with Gasteiger partial charge in [0.1, 0.15) is 0 Å². The van der Waals surface area contributed by atoms with E-state index in [1.54, 1.807) is 22.8 Å². The summed E-state index contributed by atoms with van der Waals surface area (Å²) in [6, 6.07) is -0.272. The molecule has 2 atom stereocenters. The molecule has 1 aliphatic heterocycles. The summed E-state index contributed by atoms with van der Waals surface area (Å²) in [4.78, 5) is 26.0. The van der Waals surface area contributed by atoms with E-state index in [2.05, 4.69) is 5.10 Å². The van der Waals surface area contributed by atoms with Crippen molar-refractivity contribution in [1.82, 2.24) is 14.7 Å². The summed E-state index contributed by atoms with van der Waals surface area (Å²) < 4.78 is 7.13. The predicted octanol–water partition coefficient (Wildman–Crippen LogP) is 1.28. The number of aromatic nitrogens is 2. The maximum atomic E-state index is 12.4. The Morgan fingerprint density at radius 2 is 2.14 bits per heavy atom. The summed E-state index contributed by atoms with van der Waals surface area (Å²) in [6.07, 6.45) is 6.84. The number of aryl methyl sites for hydroxylation is 1. The lowest BCUT2D eigenvalue weighted by Gasteiger charge is -2.37. The van der Waals surface area contributed by atoms with Crippen LogP contribution in [0.25, 0.3) is 0 Å². The summed E-state index contributed by atoms with van der Waals surface area (Å²) in [5, 5.41) is 4.16. The minimum Gasteiger partial charge on any atom is -0.465 e. The van der Waals surface area contributed by atoms with Crippen molar-refractivity contribution >= 4 is 11.9 Å². The summed E-state index contributed by atoms with van der Waals surface area (Å²) in [5.41, 5.74) is 0.890. The lowest BCUT2D eigenvalue weighted by molar-refractivity contribution is -0.156. The molecule has 2 unspecified atom stereocenters. The molecule has 0 bridgehead atoms. The number of carbonyl (C=O) groups excluding carboxylic acids is 2. The number of nitrogens with zero attached hydrogens (tertiary/aromatic N) is 3. The van der Waals surface area contributed by atoms with Crippen LogP contribution in [-0.2, 0) is 21.4 Å². The van der Waals surface area contributed by atoms with Gasteiger partial charge in [0.05, 0.1) is 24.8 Å². The number of esters is 1. The van der Waals surface area contributed by atoms with Crippen molar-refractivity contribution in [2.75, 3.05) is 13.7 Å². The lowest BCUT2D eigenvalue weighted by Crippen LogP contribution is -2.43. The Bertz CT molecular complexity index is 550. The number of rotatable bonds is 4. The molecular formula is C15H21N3O3. The molecule has 6 nitrogen and oxygen atoms in total.